The number of methoxy groups -OCH3 is 1. The Morgan fingerprint density at radius 2 is 2.05 bits per heavy atom. The third-order valence-electron chi connectivity index (χ3n) is 2.66. The fourth-order valence-electron chi connectivity index (χ4n) is 1.60. The van der Waals surface area contributed by atoms with E-state index in [0.29, 0.717) is 0 Å². The molecule has 0 aliphatic carbocycles. The molecule has 0 saturated heterocycles. The van der Waals surface area contributed by atoms with Crippen LogP contribution >= 0.6 is 34.2 Å². The Kier molecular flexibility index (Phi) is 5.72. The minimum absolute atomic E-state index is 0.0213. The first-order valence-electron chi connectivity index (χ1n) is 6.23. The van der Waals surface area contributed by atoms with Crippen LogP contribution in [-0.2, 0) is 9.53 Å². The number of carbonyl (C=O) groups excluding carboxylic acids is 1. The van der Waals surface area contributed by atoms with Crippen LogP contribution in [0.1, 0.15) is 5.56 Å². The highest BCUT2D eigenvalue weighted by Crippen LogP contribution is 2.21. The molecule has 2 aromatic rings. The number of hydrogen-bond acceptors (Lipinski definition) is 7. The van der Waals surface area contributed by atoms with Crippen LogP contribution in [0.3, 0.4) is 0 Å². The lowest BCUT2D eigenvalue weighted by atomic mass is 10.2. The molecule has 0 saturated carbocycles. The van der Waals surface area contributed by atoms with Gasteiger partial charge in [0.25, 0.3) is 0 Å². The van der Waals surface area contributed by atoms with Crippen molar-refractivity contribution in [3.05, 3.63) is 32.6 Å². The molecule has 9 heteroatoms. The molecule has 0 atom stereocenters. The van der Waals surface area contributed by atoms with E-state index in [9.17, 15) is 4.79 Å². The quantitative estimate of drug-likeness (QED) is 0.554. The van der Waals surface area contributed by atoms with Gasteiger partial charge in [-0.1, -0.05) is 0 Å². The molecule has 2 rings (SSSR count). The summed E-state index contributed by atoms with van der Waals surface area (Å²) in [6, 6.07) is 5.92. The Bertz CT molecular complexity index is 698. The summed E-state index contributed by atoms with van der Waals surface area (Å²) in [4.78, 5) is 23.2. The summed E-state index contributed by atoms with van der Waals surface area (Å²) in [5, 5.41) is 5.82. The summed E-state index contributed by atoms with van der Waals surface area (Å²) in [6.45, 7) is 1.92. The molecular weight excluding hydrogens is 421 g/mol. The highest BCUT2D eigenvalue weighted by atomic mass is 127. The highest BCUT2D eigenvalue weighted by Gasteiger charge is 2.08. The van der Waals surface area contributed by atoms with Gasteiger partial charge in [-0.25, -0.2) is 0 Å². The molecule has 0 amide bonds. The fraction of sp³-hybridized carbons (Fsp3) is 0.231. The molecule has 116 valence electrons. The number of aryl methyl sites for hydroxylation is 1. The minimum atomic E-state index is -0.431. The number of carbonyl (C=O) groups is 1. The molecule has 0 aliphatic rings. The Hall–Kier alpha value is -1.68. The van der Waals surface area contributed by atoms with Crippen molar-refractivity contribution in [2.75, 3.05) is 24.3 Å². The number of esters is 1. The van der Waals surface area contributed by atoms with Gasteiger partial charge < -0.3 is 15.4 Å². The van der Waals surface area contributed by atoms with Gasteiger partial charge in [-0.2, -0.15) is 15.0 Å². The maximum atomic E-state index is 11.1. The molecule has 0 radical (unpaired) electrons. The second-order valence-electron chi connectivity index (χ2n) is 4.27. The third-order valence-corrected chi connectivity index (χ3v) is 3.50. The molecule has 1 aromatic carbocycles. The Morgan fingerprint density at radius 3 is 2.73 bits per heavy atom. The summed E-state index contributed by atoms with van der Waals surface area (Å²) in [7, 11) is 1.30. The average Bonchev–Trinajstić information content (AvgIpc) is 2.47. The van der Waals surface area contributed by atoms with Crippen LogP contribution in [0.25, 0.3) is 0 Å². The van der Waals surface area contributed by atoms with Crippen LogP contribution in [0.2, 0.25) is 5.28 Å². The van der Waals surface area contributed by atoms with Crippen LogP contribution in [0, 0.1) is 10.5 Å². The number of nitrogens with zero attached hydrogens (tertiary/aromatic N) is 3. The van der Waals surface area contributed by atoms with Gasteiger partial charge in [0.05, 0.1) is 7.11 Å². The molecule has 0 aliphatic heterocycles. The molecule has 22 heavy (non-hydrogen) atoms. The van der Waals surface area contributed by atoms with Gasteiger partial charge in [0.1, 0.15) is 6.54 Å². The van der Waals surface area contributed by atoms with Crippen LogP contribution in [0.5, 0.6) is 0 Å². The summed E-state index contributed by atoms with van der Waals surface area (Å²) in [5.41, 5.74) is 1.91. The van der Waals surface area contributed by atoms with Crippen LogP contribution in [0.15, 0.2) is 18.2 Å². The number of benzene rings is 1. The standard InChI is InChI=1S/C13H13ClIN5O2/c1-7-5-8(15)3-4-9(7)17-13-19-11(14)18-12(20-13)16-6-10(21)22-2/h3-5H,6H2,1-2H3,(H2,16,17,18,19,20). The molecule has 7 nitrogen and oxygen atoms in total. The first kappa shape index (κ1) is 16.7. The molecule has 1 heterocycles. The Balaban J connectivity index is 2.17. The zero-order valence-corrected chi connectivity index (χ0v) is 14.8. The maximum absolute atomic E-state index is 11.1. The topological polar surface area (TPSA) is 89.0 Å². The Labute approximate surface area is 146 Å². The zero-order valence-electron chi connectivity index (χ0n) is 11.9. The van der Waals surface area contributed by atoms with E-state index in [0.717, 1.165) is 14.8 Å². The first-order valence-corrected chi connectivity index (χ1v) is 7.69. The molecule has 0 fully saturated rings. The van der Waals surface area contributed by atoms with E-state index in [4.69, 9.17) is 11.6 Å². The van der Waals surface area contributed by atoms with Crippen LogP contribution in [0.4, 0.5) is 17.6 Å². The predicted octanol–water partition coefficient (Wildman–Crippen LogP) is 2.77. The summed E-state index contributed by atoms with van der Waals surface area (Å²) >= 11 is 8.11. The van der Waals surface area contributed by atoms with E-state index < -0.39 is 5.97 Å². The second kappa shape index (κ2) is 7.54. The van der Waals surface area contributed by atoms with Crippen molar-refractivity contribution in [2.45, 2.75) is 6.92 Å². The van der Waals surface area contributed by atoms with E-state index in [2.05, 4.69) is 52.9 Å². The highest BCUT2D eigenvalue weighted by molar-refractivity contribution is 14.1. The first-order chi connectivity index (χ1) is 10.5. The fourth-order valence-corrected chi connectivity index (χ4v) is 2.40. The maximum Gasteiger partial charge on any atom is 0.325 e. The van der Waals surface area contributed by atoms with Crippen molar-refractivity contribution in [3.63, 3.8) is 0 Å². The van der Waals surface area contributed by atoms with Gasteiger partial charge >= 0.3 is 5.97 Å². The molecule has 0 unspecified atom stereocenters. The van der Waals surface area contributed by atoms with Crippen molar-refractivity contribution >= 4 is 57.7 Å². The minimum Gasteiger partial charge on any atom is -0.468 e. The van der Waals surface area contributed by atoms with Gasteiger partial charge in [0.15, 0.2) is 0 Å². The predicted molar refractivity (Wildman–Crippen MR) is 92.5 cm³/mol. The largest absolute Gasteiger partial charge is 0.468 e. The SMILES string of the molecule is COC(=O)CNc1nc(Cl)nc(Nc2ccc(I)cc2C)n1. The van der Waals surface area contributed by atoms with E-state index in [-0.39, 0.29) is 23.7 Å². The third kappa shape index (κ3) is 4.67. The van der Waals surface area contributed by atoms with E-state index in [1.54, 1.807) is 0 Å². The van der Waals surface area contributed by atoms with Gasteiger partial charge in [0, 0.05) is 9.26 Å². The molecule has 0 spiro atoms. The lowest BCUT2D eigenvalue weighted by Gasteiger charge is -2.10. The molecular formula is C13H13ClIN5O2. The second-order valence-corrected chi connectivity index (χ2v) is 5.85. The smallest absolute Gasteiger partial charge is 0.325 e. The number of halogens is 2. The van der Waals surface area contributed by atoms with Gasteiger partial charge in [0.2, 0.25) is 17.2 Å². The van der Waals surface area contributed by atoms with Gasteiger partial charge in [-0.05, 0) is 64.9 Å². The monoisotopic (exact) mass is 433 g/mol. The number of anilines is 3. The van der Waals surface area contributed by atoms with Crippen LogP contribution in [-0.4, -0.2) is 34.6 Å². The van der Waals surface area contributed by atoms with Crippen LogP contribution < -0.4 is 10.6 Å². The molecule has 1 aromatic heterocycles. The summed E-state index contributed by atoms with van der Waals surface area (Å²) < 4.78 is 5.67. The van der Waals surface area contributed by atoms with Gasteiger partial charge in [-0.15, -0.1) is 0 Å². The van der Waals surface area contributed by atoms with Crippen molar-refractivity contribution < 1.29 is 9.53 Å². The zero-order chi connectivity index (χ0) is 16.1. The lowest BCUT2D eigenvalue weighted by Crippen LogP contribution is -2.17. The molecule has 2 N–H and O–H groups in total. The number of hydrogen-bond donors (Lipinski definition) is 2. The Morgan fingerprint density at radius 1 is 1.32 bits per heavy atom. The summed E-state index contributed by atoms with van der Waals surface area (Å²) in [6.07, 6.45) is 0. The molecule has 0 bridgehead atoms. The van der Waals surface area contributed by atoms with E-state index in [1.165, 1.54) is 7.11 Å². The van der Waals surface area contributed by atoms with Crippen molar-refractivity contribution in [2.24, 2.45) is 0 Å². The lowest BCUT2D eigenvalue weighted by molar-refractivity contribution is -0.138. The van der Waals surface area contributed by atoms with Crippen molar-refractivity contribution in [1.82, 2.24) is 15.0 Å². The normalized spacial score (nSPS) is 10.2. The number of aromatic nitrogens is 3. The average molecular weight is 434 g/mol. The van der Waals surface area contributed by atoms with Gasteiger partial charge in [-0.3, -0.25) is 4.79 Å². The number of rotatable bonds is 5. The van der Waals surface area contributed by atoms with Crippen molar-refractivity contribution in [3.8, 4) is 0 Å². The van der Waals surface area contributed by atoms with Crippen molar-refractivity contribution in [1.29, 1.82) is 0 Å². The number of nitrogens with one attached hydrogen (secondary N) is 2. The van der Waals surface area contributed by atoms with E-state index in [1.807, 2.05) is 25.1 Å². The van der Waals surface area contributed by atoms with E-state index >= 15 is 0 Å². The summed E-state index contributed by atoms with van der Waals surface area (Å²) in [5.74, 6) is 0.0484. The number of ether oxygens (including phenoxy) is 1.